The van der Waals surface area contributed by atoms with Crippen LogP contribution in [0.4, 0.5) is 17.1 Å². The fourth-order valence-corrected chi connectivity index (χ4v) is 4.06. The summed E-state index contributed by atoms with van der Waals surface area (Å²) >= 11 is 0. The van der Waals surface area contributed by atoms with Gasteiger partial charge in [0.1, 0.15) is 18.1 Å². The third-order valence-electron chi connectivity index (χ3n) is 5.37. The minimum atomic E-state index is 0.569. The number of hydrogen-bond donors (Lipinski definition) is 0. The van der Waals surface area contributed by atoms with E-state index >= 15 is 0 Å². The molecule has 0 N–H and O–H groups in total. The number of para-hydroxylation sites is 1. The van der Waals surface area contributed by atoms with Crippen molar-refractivity contribution in [1.29, 1.82) is 0 Å². The molecule has 0 aromatic heterocycles. The van der Waals surface area contributed by atoms with Crippen LogP contribution in [0.2, 0.25) is 0 Å². The lowest BCUT2D eigenvalue weighted by Gasteiger charge is -2.30. The summed E-state index contributed by atoms with van der Waals surface area (Å²) < 4.78 is 12.4. The quantitative estimate of drug-likeness (QED) is 0.534. The van der Waals surface area contributed by atoms with Gasteiger partial charge >= 0.3 is 0 Å². The number of aryl methyl sites for hydroxylation is 3. The van der Waals surface area contributed by atoms with Gasteiger partial charge in [0.2, 0.25) is 0 Å². The smallest absolute Gasteiger partial charge is 0.146 e. The van der Waals surface area contributed by atoms with Crippen LogP contribution in [0.5, 0.6) is 11.5 Å². The van der Waals surface area contributed by atoms with E-state index in [9.17, 15) is 0 Å². The summed E-state index contributed by atoms with van der Waals surface area (Å²) in [5.74, 6) is 1.92. The van der Waals surface area contributed by atoms with Crippen molar-refractivity contribution in [1.82, 2.24) is 0 Å². The molecular weight excluding hydrogens is 334 g/mol. The normalized spacial score (nSPS) is 15.0. The van der Waals surface area contributed by atoms with E-state index in [1.54, 1.807) is 0 Å². The second-order valence-corrected chi connectivity index (χ2v) is 7.44. The third kappa shape index (κ3) is 2.74. The van der Waals surface area contributed by atoms with Crippen LogP contribution in [0.15, 0.2) is 54.6 Å². The Morgan fingerprint density at radius 3 is 2.48 bits per heavy atom. The molecule has 5 rings (SSSR count). The summed E-state index contributed by atoms with van der Waals surface area (Å²) in [6, 6.07) is 19.5. The van der Waals surface area contributed by atoms with Gasteiger partial charge in [0, 0.05) is 5.56 Å². The van der Waals surface area contributed by atoms with Crippen LogP contribution in [0.3, 0.4) is 0 Å². The van der Waals surface area contributed by atoms with Gasteiger partial charge in [-0.1, -0.05) is 35.9 Å². The van der Waals surface area contributed by atoms with E-state index in [0.717, 1.165) is 48.0 Å². The number of rotatable bonds is 1. The van der Waals surface area contributed by atoms with Crippen molar-refractivity contribution >= 4 is 17.1 Å². The molecule has 3 heteroatoms. The minimum Gasteiger partial charge on any atom is -0.491 e. The molecule has 0 aliphatic carbocycles. The Balaban J connectivity index is 1.78. The van der Waals surface area contributed by atoms with Gasteiger partial charge in [-0.05, 0) is 62.1 Å². The third-order valence-corrected chi connectivity index (χ3v) is 5.37. The first-order valence-electron chi connectivity index (χ1n) is 9.58. The highest BCUT2D eigenvalue weighted by Crippen LogP contribution is 2.49. The van der Waals surface area contributed by atoms with Crippen molar-refractivity contribution in [3.05, 3.63) is 76.9 Å². The van der Waals surface area contributed by atoms with Crippen molar-refractivity contribution in [2.24, 2.45) is 0 Å². The van der Waals surface area contributed by atoms with Gasteiger partial charge in [-0.15, -0.1) is 0 Å². The largest absolute Gasteiger partial charge is 0.491 e. The Morgan fingerprint density at radius 1 is 0.778 bits per heavy atom. The summed E-state index contributed by atoms with van der Waals surface area (Å²) in [7, 11) is 0. The first-order chi connectivity index (χ1) is 13.2. The summed E-state index contributed by atoms with van der Waals surface area (Å²) in [6.07, 6.45) is 2.14. The average Bonchev–Trinajstić information content (AvgIpc) is 2.84. The van der Waals surface area contributed by atoms with Gasteiger partial charge in [0.25, 0.3) is 0 Å². The molecule has 0 saturated heterocycles. The molecule has 0 saturated carbocycles. The standard InChI is InChI=1S/C24H23NO2/c1-16-8-10-20-19(13-16)15-27-23-14-17(2)9-11-21(23)25(20)22-7-3-5-18-6-4-12-26-24(18)22/h3,5,7-11,13-14H,4,6,12,15H2,1-2H3. The number of benzene rings is 3. The molecule has 0 fully saturated rings. The van der Waals surface area contributed by atoms with E-state index < -0.39 is 0 Å². The molecule has 27 heavy (non-hydrogen) atoms. The molecule has 2 heterocycles. The molecule has 3 aromatic carbocycles. The zero-order valence-corrected chi connectivity index (χ0v) is 15.8. The maximum Gasteiger partial charge on any atom is 0.146 e. The van der Waals surface area contributed by atoms with Gasteiger partial charge in [0.15, 0.2) is 0 Å². The lowest BCUT2D eigenvalue weighted by atomic mass is 10.0. The molecule has 2 aliphatic rings. The van der Waals surface area contributed by atoms with Crippen molar-refractivity contribution in [3.63, 3.8) is 0 Å². The summed E-state index contributed by atoms with van der Waals surface area (Å²) in [4.78, 5) is 2.31. The average molecular weight is 357 g/mol. The Hall–Kier alpha value is -2.94. The first kappa shape index (κ1) is 16.2. The lowest BCUT2D eigenvalue weighted by Crippen LogP contribution is -2.16. The fourth-order valence-electron chi connectivity index (χ4n) is 4.06. The van der Waals surface area contributed by atoms with Gasteiger partial charge < -0.3 is 14.4 Å². The number of ether oxygens (including phenoxy) is 2. The van der Waals surface area contributed by atoms with E-state index in [1.807, 2.05) is 0 Å². The van der Waals surface area contributed by atoms with E-state index in [-0.39, 0.29) is 0 Å². The molecule has 0 amide bonds. The number of nitrogens with zero attached hydrogens (tertiary/aromatic N) is 1. The Morgan fingerprint density at radius 2 is 1.59 bits per heavy atom. The second kappa shape index (κ2) is 6.34. The molecule has 0 unspecified atom stereocenters. The maximum atomic E-state index is 6.22. The highest BCUT2D eigenvalue weighted by Gasteiger charge is 2.27. The predicted octanol–water partition coefficient (Wildman–Crippen LogP) is 5.99. The number of anilines is 3. The number of fused-ring (bicyclic) bond motifs is 3. The van der Waals surface area contributed by atoms with Gasteiger partial charge in [0.05, 0.1) is 23.7 Å². The lowest BCUT2D eigenvalue weighted by molar-refractivity contribution is 0.289. The zero-order chi connectivity index (χ0) is 18.4. The van der Waals surface area contributed by atoms with Crippen LogP contribution in [-0.4, -0.2) is 6.61 Å². The van der Waals surface area contributed by atoms with Crippen LogP contribution in [0.1, 0.15) is 28.7 Å². The fraction of sp³-hybridized carbons (Fsp3) is 0.250. The highest BCUT2D eigenvalue weighted by atomic mass is 16.5. The number of hydrogen-bond acceptors (Lipinski definition) is 3. The molecule has 0 bridgehead atoms. The molecule has 0 radical (unpaired) electrons. The van der Waals surface area contributed by atoms with Crippen LogP contribution >= 0.6 is 0 Å². The van der Waals surface area contributed by atoms with Crippen LogP contribution in [-0.2, 0) is 13.0 Å². The summed E-state index contributed by atoms with van der Waals surface area (Å²) in [5, 5.41) is 0. The van der Waals surface area contributed by atoms with Gasteiger partial charge in [-0.25, -0.2) is 0 Å². The topological polar surface area (TPSA) is 21.7 Å². The maximum absolute atomic E-state index is 6.22. The monoisotopic (exact) mass is 357 g/mol. The van der Waals surface area contributed by atoms with E-state index in [4.69, 9.17) is 9.47 Å². The van der Waals surface area contributed by atoms with Crippen molar-refractivity contribution in [2.75, 3.05) is 11.5 Å². The SMILES string of the molecule is Cc1ccc2c(c1)COc1cc(C)ccc1N2c1cccc2c1OCCC2. The molecule has 0 atom stereocenters. The van der Waals surface area contributed by atoms with Crippen molar-refractivity contribution < 1.29 is 9.47 Å². The van der Waals surface area contributed by atoms with Crippen LogP contribution in [0, 0.1) is 13.8 Å². The Bertz CT molecular complexity index is 971. The summed E-state index contributed by atoms with van der Waals surface area (Å²) in [6.45, 7) is 5.57. The molecule has 0 spiro atoms. The second-order valence-electron chi connectivity index (χ2n) is 7.44. The van der Waals surface area contributed by atoms with Crippen LogP contribution < -0.4 is 14.4 Å². The Kier molecular flexibility index (Phi) is 3.82. The van der Waals surface area contributed by atoms with Crippen LogP contribution in [0.25, 0.3) is 0 Å². The molecule has 2 aliphatic heterocycles. The highest BCUT2D eigenvalue weighted by molar-refractivity contribution is 5.86. The van der Waals surface area contributed by atoms with E-state index in [2.05, 4.69) is 73.3 Å². The molecule has 3 aromatic rings. The zero-order valence-electron chi connectivity index (χ0n) is 15.8. The van der Waals surface area contributed by atoms with Gasteiger partial charge in [-0.3, -0.25) is 0 Å². The minimum absolute atomic E-state index is 0.569. The van der Waals surface area contributed by atoms with Gasteiger partial charge in [-0.2, -0.15) is 0 Å². The van der Waals surface area contributed by atoms with E-state index in [0.29, 0.717) is 6.61 Å². The van der Waals surface area contributed by atoms with Crippen molar-refractivity contribution in [2.45, 2.75) is 33.3 Å². The van der Waals surface area contributed by atoms with Crippen molar-refractivity contribution in [3.8, 4) is 11.5 Å². The molecule has 3 nitrogen and oxygen atoms in total. The van der Waals surface area contributed by atoms with E-state index in [1.165, 1.54) is 22.3 Å². The Labute approximate surface area is 160 Å². The first-order valence-corrected chi connectivity index (χ1v) is 9.58. The molecular formula is C24H23NO2. The summed E-state index contributed by atoms with van der Waals surface area (Å²) in [5.41, 5.74) is 8.22. The predicted molar refractivity (Wildman–Crippen MR) is 109 cm³/mol. The molecule has 136 valence electrons.